The SMILES string of the molecule is CCC[C@H]1C(C#N)(C#N)[C@@]2(C#N)C(=N)O[C@@]1(C)O[C@H]2c1ccccc1. The number of nitrogens with zero attached hydrogens (tertiary/aromatic N) is 3. The summed E-state index contributed by atoms with van der Waals surface area (Å²) in [5.74, 6) is -2.31. The second-order valence-corrected chi connectivity index (χ2v) is 6.65. The van der Waals surface area contributed by atoms with Crippen LogP contribution in [0.15, 0.2) is 30.3 Å². The molecule has 2 bridgehead atoms. The molecule has 0 unspecified atom stereocenters. The molecular weight excluding hydrogens is 316 g/mol. The van der Waals surface area contributed by atoms with E-state index >= 15 is 0 Å². The second kappa shape index (κ2) is 5.59. The molecule has 3 aliphatic rings. The van der Waals surface area contributed by atoms with Gasteiger partial charge in [-0.2, -0.15) is 15.8 Å². The number of ether oxygens (including phenoxy) is 2. The van der Waals surface area contributed by atoms with Crippen LogP contribution in [0.5, 0.6) is 0 Å². The fourth-order valence-corrected chi connectivity index (χ4v) is 4.22. The zero-order valence-electron chi connectivity index (χ0n) is 14.1. The fraction of sp³-hybridized carbons (Fsp3) is 0.474. The maximum Gasteiger partial charge on any atom is 0.215 e. The number of nitrogens with one attached hydrogen (secondary N) is 1. The average Bonchev–Trinajstić information content (AvgIpc) is 2.63. The third-order valence-corrected chi connectivity index (χ3v) is 5.39. The summed E-state index contributed by atoms with van der Waals surface area (Å²) >= 11 is 0. The molecule has 3 saturated heterocycles. The van der Waals surface area contributed by atoms with Gasteiger partial charge in [-0.25, -0.2) is 0 Å². The molecule has 1 aromatic carbocycles. The molecule has 0 aromatic heterocycles. The van der Waals surface area contributed by atoms with E-state index in [2.05, 4.69) is 18.2 Å². The van der Waals surface area contributed by atoms with Gasteiger partial charge in [-0.3, -0.25) is 5.41 Å². The van der Waals surface area contributed by atoms with Gasteiger partial charge in [-0.05, 0) is 12.0 Å². The van der Waals surface area contributed by atoms with Crippen LogP contribution in [0, 0.1) is 56.2 Å². The number of hydrogen-bond acceptors (Lipinski definition) is 6. The van der Waals surface area contributed by atoms with Crippen molar-refractivity contribution in [3.8, 4) is 18.2 Å². The van der Waals surface area contributed by atoms with Gasteiger partial charge in [-0.1, -0.05) is 43.7 Å². The molecule has 0 saturated carbocycles. The van der Waals surface area contributed by atoms with E-state index in [0.29, 0.717) is 18.4 Å². The van der Waals surface area contributed by atoms with Gasteiger partial charge in [0, 0.05) is 6.92 Å². The van der Waals surface area contributed by atoms with E-state index in [4.69, 9.17) is 14.9 Å². The molecule has 0 amide bonds. The van der Waals surface area contributed by atoms with Crippen molar-refractivity contribution in [1.82, 2.24) is 0 Å². The Bertz CT molecular complexity index is 818. The van der Waals surface area contributed by atoms with Crippen LogP contribution in [-0.2, 0) is 9.47 Å². The quantitative estimate of drug-likeness (QED) is 0.909. The van der Waals surface area contributed by atoms with Gasteiger partial charge in [0.15, 0.2) is 10.8 Å². The summed E-state index contributed by atoms with van der Waals surface area (Å²) in [6.45, 7) is 3.59. The lowest BCUT2D eigenvalue weighted by molar-refractivity contribution is -0.343. The predicted octanol–water partition coefficient (Wildman–Crippen LogP) is 3.44. The molecule has 1 N–H and O–H groups in total. The van der Waals surface area contributed by atoms with E-state index in [1.54, 1.807) is 31.2 Å². The standard InChI is InChI=1S/C19H18N4O2/c1-3-7-14-17(2)24-15(13-8-5-4-6-9-13)19(12-22,16(23)25-17)18(14,10-20)11-21/h4-6,8-9,14-15,23H,3,7H2,1-2H3/t14-,15+,17-,19-/m1/s1. The van der Waals surface area contributed by atoms with Crippen molar-refractivity contribution in [3.05, 3.63) is 35.9 Å². The van der Waals surface area contributed by atoms with Gasteiger partial charge in [-0.15, -0.1) is 0 Å². The Labute approximate surface area is 146 Å². The molecule has 4 atom stereocenters. The van der Waals surface area contributed by atoms with E-state index < -0.39 is 28.6 Å². The Hall–Kier alpha value is -2.88. The summed E-state index contributed by atoms with van der Waals surface area (Å²) in [4.78, 5) is 0. The van der Waals surface area contributed by atoms with Crippen LogP contribution >= 0.6 is 0 Å². The van der Waals surface area contributed by atoms with E-state index in [1.807, 2.05) is 13.0 Å². The van der Waals surface area contributed by atoms with Crippen molar-refractivity contribution < 1.29 is 9.47 Å². The number of hydrogen-bond donors (Lipinski definition) is 1. The molecule has 0 spiro atoms. The highest BCUT2D eigenvalue weighted by molar-refractivity contribution is 5.88. The minimum Gasteiger partial charge on any atom is -0.448 e. The minimum absolute atomic E-state index is 0.368. The first kappa shape index (κ1) is 17.0. The molecule has 0 radical (unpaired) electrons. The number of rotatable bonds is 3. The number of nitriles is 3. The summed E-state index contributed by atoms with van der Waals surface area (Å²) in [6, 6.07) is 15.2. The lowest BCUT2D eigenvalue weighted by Gasteiger charge is -2.61. The molecule has 3 aliphatic heterocycles. The van der Waals surface area contributed by atoms with Gasteiger partial charge < -0.3 is 9.47 Å². The van der Waals surface area contributed by atoms with Crippen molar-refractivity contribution >= 4 is 5.90 Å². The Morgan fingerprint density at radius 2 is 1.76 bits per heavy atom. The first-order valence-corrected chi connectivity index (χ1v) is 8.20. The van der Waals surface area contributed by atoms with Gasteiger partial charge in [0.25, 0.3) is 0 Å². The van der Waals surface area contributed by atoms with Gasteiger partial charge in [0.2, 0.25) is 11.7 Å². The molecule has 3 heterocycles. The molecule has 25 heavy (non-hydrogen) atoms. The van der Waals surface area contributed by atoms with E-state index in [0.717, 1.165) is 0 Å². The highest BCUT2D eigenvalue weighted by Gasteiger charge is 2.78. The van der Waals surface area contributed by atoms with Crippen molar-refractivity contribution in [2.75, 3.05) is 0 Å². The summed E-state index contributed by atoms with van der Waals surface area (Å²) in [5.41, 5.74) is -2.89. The summed E-state index contributed by atoms with van der Waals surface area (Å²) in [6.07, 6.45) is 0.260. The molecule has 1 aromatic rings. The number of benzene rings is 1. The van der Waals surface area contributed by atoms with Crippen LogP contribution in [-0.4, -0.2) is 11.7 Å². The summed E-state index contributed by atoms with van der Waals surface area (Å²) in [5, 5.41) is 38.5. The van der Waals surface area contributed by atoms with E-state index in [1.165, 1.54) is 0 Å². The molecule has 0 aliphatic carbocycles. The lowest BCUT2D eigenvalue weighted by Crippen LogP contribution is -2.71. The monoisotopic (exact) mass is 334 g/mol. The fourth-order valence-electron chi connectivity index (χ4n) is 4.22. The molecular formula is C19H18N4O2. The van der Waals surface area contributed by atoms with Gasteiger partial charge in [0.05, 0.1) is 24.1 Å². The first-order chi connectivity index (χ1) is 12.0. The molecule has 6 nitrogen and oxygen atoms in total. The Balaban J connectivity index is 2.33. The maximum atomic E-state index is 10.1. The zero-order valence-corrected chi connectivity index (χ0v) is 14.1. The van der Waals surface area contributed by atoms with E-state index in [-0.39, 0.29) is 5.90 Å². The van der Waals surface area contributed by atoms with Crippen LogP contribution in [0.25, 0.3) is 0 Å². The number of fused-ring (bicyclic) bond motifs is 3. The van der Waals surface area contributed by atoms with Gasteiger partial charge >= 0.3 is 0 Å². The van der Waals surface area contributed by atoms with Crippen molar-refractivity contribution in [1.29, 1.82) is 21.2 Å². The Kier molecular flexibility index (Phi) is 3.79. The Morgan fingerprint density at radius 1 is 1.12 bits per heavy atom. The molecule has 6 heteroatoms. The highest BCUT2D eigenvalue weighted by Crippen LogP contribution is 2.67. The van der Waals surface area contributed by atoms with E-state index in [9.17, 15) is 15.8 Å². The summed E-state index contributed by atoms with van der Waals surface area (Å²) < 4.78 is 11.8. The lowest BCUT2D eigenvalue weighted by atomic mass is 9.50. The maximum absolute atomic E-state index is 10.1. The van der Waals surface area contributed by atoms with Crippen LogP contribution in [0.3, 0.4) is 0 Å². The van der Waals surface area contributed by atoms with Crippen LogP contribution < -0.4 is 0 Å². The van der Waals surface area contributed by atoms with Crippen LogP contribution in [0.2, 0.25) is 0 Å². The minimum atomic E-state index is -1.81. The Morgan fingerprint density at radius 3 is 2.28 bits per heavy atom. The normalized spacial score (nSPS) is 35.1. The van der Waals surface area contributed by atoms with Crippen molar-refractivity contribution in [2.24, 2.45) is 16.7 Å². The third-order valence-electron chi connectivity index (χ3n) is 5.39. The highest BCUT2D eigenvalue weighted by atomic mass is 16.7. The second-order valence-electron chi connectivity index (χ2n) is 6.65. The molecule has 126 valence electrons. The van der Waals surface area contributed by atoms with Gasteiger partial charge in [0.1, 0.15) is 6.10 Å². The first-order valence-electron chi connectivity index (χ1n) is 8.20. The van der Waals surface area contributed by atoms with Crippen molar-refractivity contribution in [3.63, 3.8) is 0 Å². The van der Waals surface area contributed by atoms with Crippen LogP contribution in [0.4, 0.5) is 0 Å². The smallest absolute Gasteiger partial charge is 0.215 e. The topological polar surface area (TPSA) is 114 Å². The molecule has 3 fully saturated rings. The summed E-state index contributed by atoms with van der Waals surface area (Å²) in [7, 11) is 0. The van der Waals surface area contributed by atoms with Crippen molar-refractivity contribution in [2.45, 2.75) is 38.6 Å². The average molecular weight is 334 g/mol. The van der Waals surface area contributed by atoms with Crippen LogP contribution in [0.1, 0.15) is 38.4 Å². The largest absolute Gasteiger partial charge is 0.448 e. The zero-order chi connectivity index (χ0) is 18.3. The molecule has 4 rings (SSSR count). The third kappa shape index (κ3) is 1.88. The predicted molar refractivity (Wildman–Crippen MR) is 87.6 cm³/mol.